The molecule has 3 aliphatic rings. The standard InChI is InChI=1S/C23H29N5O2/c1-3-27-12-8-16(9-13-27)21(29)28-14-10-23(19(28)20-24-11-15-26(20)2)17-6-4-5-7-18(17)25-22(23)30/h4-7,11,15-16,19H,3,8-10,12-14H2,1-2H3,(H,25,30)/t19-,23+/m0/s1. The van der Waals surface area contributed by atoms with Crippen molar-refractivity contribution in [1.29, 1.82) is 0 Å². The number of nitrogens with one attached hydrogen (secondary N) is 1. The molecule has 1 spiro atoms. The van der Waals surface area contributed by atoms with E-state index in [0.717, 1.165) is 49.6 Å². The van der Waals surface area contributed by atoms with Crippen LogP contribution >= 0.6 is 0 Å². The molecule has 1 aromatic carbocycles. The zero-order valence-electron chi connectivity index (χ0n) is 17.7. The van der Waals surface area contributed by atoms with E-state index in [9.17, 15) is 9.59 Å². The summed E-state index contributed by atoms with van der Waals surface area (Å²) in [7, 11) is 1.94. The van der Waals surface area contributed by atoms with Crippen molar-refractivity contribution < 1.29 is 9.59 Å². The van der Waals surface area contributed by atoms with Gasteiger partial charge in [-0.05, 0) is 50.5 Å². The van der Waals surface area contributed by atoms with Gasteiger partial charge in [-0.1, -0.05) is 25.1 Å². The minimum Gasteiger partial charge on any atom is -0.336 e. The Morgan fingerprint density at radius 1 is 1.23 bits per heavy atom. The molecule has 2 saturated heterocycles. The molecule has 2 fully saturated rings. The lowest BCUT2D eigenvalue weighted by atomic mass is 9.74. The summed E-state index contributed by atoms with van der Waals surface area (Å²) in [5, 5.41) is 3.07. The Morgan fingerprint density at radius 3 is 2.70 bits per heavy atom. The fourth-order valence-electron chi connectivity index (χ4n) is 5.65. The summed E-state index contributed by atoms with van der Waals surface area (Å²) in [6.45, 7) is 5.69. The highest BCUT2D eigenvalue weighted by molar-refractivity contribution is 6.07. The van der Waals surface area contributed by atoms with Gasteiger partial charge in [-0.25, -0.2) is 4.98 Å². The molecule has 30 heavy (non-hydrogen) atoms. The average molecular weight is 408 g/mol. The number of carbonyl (C=O) groups excluding carboxylic acids is 2. The van der Waals surface area contributed by atoms with Crippen molar-refractivity contribution in [2.75, 3.05) is 31.5 Å². The number of hydrogen-bond donors (Lipinski definition) is 1. The van der Waals surface area contributed by atoms with Crippen molar-refractivity contribution in [2.24, 2.45) is 13.0 Å². The maximum atomic E-state index is 13.7. The molecule has 0 saturated carbocycles. The number of amides is 2. The zero-order valence-corrected chi connectivity index (χ0v) is 17.7. The van der Waals surface area contributed by atoms with Gasteiger partial charge in [-0.3, -0.25) is 9.59 Å². The number of piperidine rings is 1. The first kappa shape index (κ1) is 19.3. The number of nitrogens with zero attached hydrogens (tertiary/aromatic N) is 4. The van der Waals surface area contributed by atoms with Gasteiger partial charge in [0.15, 0.2) is 0 Å². The first-order chi connectivity index (χ1) is 14.6. The summed E-state index contributed by atoms with van der Waals surface area (Å²) in [5.74, 6) is 0.949. The number of rotatable bonds is 3. The Bertz CT molecular complexity index is 977. The molecule has 5 rings (SSSR count). The van der Waals surface area contributed by atoms with Crippen molar-refractivity contribution in [3.05, 3.63) is 48.0 Å². The van der Waals surface area contributed by atoms with Gasteiger partial charge in [0.1, 0.15) is 17.3 Å². The maximum Gasteiger partial charge on any atom is 0.237 e. The van der Waals surface area contributed by atoms with E-state index < -0.39 is 11.5 Å². The monoisotopic (exact) mass is 407 g/mol. The van der Waals surface area contributed by atoms with E-state index in [2.05, 4.69) is 22.1 Å². The minimum atomic E-state index is -0.782. The van der Waals surface area contributed by atoms with Gasteiger partial charge in [0.25, 0.3) is 0 Å². The Balaban J connectivity index is 1.55. The molecule has 0 aliphatic carbocycles. The van der Waals surface area contributed by atoms with Crippen LogP contribution in [0.15, 0.2) is 36.7 Å². The van der Waals surface area contributed by atoms with Crippen LogP contribution in [0.1, 0.15) is 43.6 Å². The third kappa shape index (κ3) is 2.71. The number of fused-ring (bicyclic) bond motifs is 2. The number of likely N-dealkylation sites (tertiary alicyclic amines) is 2. The highest BCUT2D eigenvalue weighted by atomic mass is 16.2. The van der Waals surface area contributed by atoms with E-state index in [-0.39, 0.29) is 17.7 Å². The highest BCUT2D eigenvalue weighted by Crippen LogP contribution is 2.54. The lowest BCUT2D eigenvalue weighted by molar-refractivity contribution is -0.139. The number of aryl methyl sites for hydroxylation is 1. The molecule has 3 aliphatic heterocycles. The van der Waals surface area contributed by atoms with E-state index in [1.165, 1.54) is 0 Å². The molecule has 0 bridgehead atoms. The Hall–Kier alpha value is -2.67. The smallest absolute Gasteiger partial charge is 0.237 e. The Morgan fingerprint density at radius 2 is 2.00 bits per heavy atom. The number of para-hydroxylation sites is 1. The number of carbonyl (C=O) groups is 2. The second-order valence-corrected chi connectivity index (χ2v) is 8.76. The van der Waals surface area contributed by atoms with E-state index in [1.807, 2.05) is 47.0 Å². The van der Waals surface area contributed by atoms with Crippen molar-refractivity contribution in [3.8, 4) is 0 Å². The summed E-state index contributed by atoms with van der Waals surface area (Å²) in [6, 6.07) is 7.49. The highest BCUT2D eigenvalue weighted by Gasteiger charge is 2.61. The van der Waals surface area contributed by atoms with Crippen LogP contribution in [0.25, 0.3) is 0 Å². The number of hydrogen-bond acceptors (Lipinski definition) is 4. The Kier molecular flexibility index (Phi) is 4.65. The first-order valence-corrected chi connectivity index (χ1v) is 11.0. The molecule has 7 nitrogen and oxygen atoms in total. The van der Waals surface area contributed by atoms with Crippen LogP contribution in [0.3, 0.4) is 0 Å². The van der Waals surface area contributed by atoms with Crippen molar-refractivity contribution in [3.63, 3.8) is 0 Å². The summed E-state index contributed by atoms with van der Waals surface area (Å²) >= 11 is 0. The lowest BCUT2D eigenvalue weighted by Gasteiger charge is -2.37. The van der Waals surface area contributed by atoms with Crippen LogP contribution in [-0.4, -0.2) is 57.3 Å². The molecule has 2 amide bonds. The molecule has 0 unspecified atom stereocenters. The van der Waals surface area contributed by atoms with Crippen LogP contribution in [0.4, 0.5) is 5.69 Å². The van der Waals surface area contributed by atoms with Gasteiger partial charge in [-0.2, -0.15) is 0 Å². The molecule has 2 aromatic rings. The van der Waals surface area contributed by atoms with Gasteiger partial charge < -0.3 is 19.7 Å². The number of imidazole rings is 1. The molecular weight excluding hydrogens is 378 g/mol. The fourth-order valence-corrected chi connectivity index (χ4v) is 5.65. The molecular formula is C23H29N5O2. The first-order valence-electron chi connectivity index (χ1n) is 11.0. The second kappa shape index (κ2) is 7.23. The molecule has 2 atom stereocenters. The predicted octanol–water partition coefficient (Wildman–Crippen LogP) is 2.32. The quantitative estimate of drug-likeness (QED) is 0.848. The normalized spacial score (nSPS) is 26.9. The van der Waals surface area contributed by atoms with Gasteiger partial charge >= 0.3 is 0 Å². The van der Waals surface area contributed by atoms with E-state index in [4.69, 9.17) is 0 Å². The lowest BCUT2D eigenvalue weighted by Crippen LogP contribution is -2.47. The van der Waals surface area contributed by atoms with E-state index in [0.29, 0.717) is 13.0 Å². The van der Waals surface area contributed by atoms with Crippen molar-refractivity contribution >= 4 is 17.5 Å². The number of anilines is 1. The van der Waals surface area contributed by atoms with Crippen LogP contribution in [0, 0.1) is 5.92 Å². The average Bonchev–Trinajstić information content (AvgIpc) is 3.44. The fraction of sp³-hybridized carbons (Fsp3) is 0.522. The SMILES string of the molecule is CCN1CCC(C(=O)N2CC[C@]3(C(=O)Nc4ccccc43)[C@@H]2c2nccn2C)CC1. The van der Waals surface area contributed by atoms with Crippen LogP contribution in [0.5, 0.6) is 0 Å². The predicted molar refractivity (Wildman–Crippen MR) is 114 cm³/mol. The summed E-state index contributed by atoms with van der Waals surface area (Å²) in [4.78, 5) is 36.1. The van der Waals surface area contributed by atoms with Crippen molar-refractivity contribution in [1.82, 2.24) is 19.4 Å². The van der Waals surface area contributed by atoms with E-state index in [1.54, 1.807) is 6.20 Å². The molecule has 1 N–H and O–H groups in total. The summed E-state index contributed by atoms with van der Waals surface area (Å²) in [6.07, 6.45) is 6.02. The molecule has 7 heteroatoms. The van der Waals surface area contributed by atoms with Gasteiger partial charge in [0.2, 0.25) is 11.8 Å². The topological polar surface area (TPSA) is 70.5 Å². The third-order valence-corrected chi connectivity index (χ3v) is 7.36. The molecule has 0 radical (unpaired) electrons. The molecule has 1 aromatic heterocycles. The van der Waals surface area contributed by atoms with Crippen LogP contribution in [0.2, 0.25) is 0 Å². The molecule has 158 valence electrons. The number of aromatic nitrogens is 2. The zero-order chi connectivity index (χ0) is 20.9. The molecule has 4 heterocycles. The minimum absolute atomic E-state index is 0.0189. The largest absolute Gasteiger partial charge is 0.336 e. The maximum absolute atomic E-state index is 13.7. The second-order valence-electron chi connectivity index (χ2n) is 8.76. The summed E-state index contributed by atoms with van der Waals surface area (Å²) in [5.41, 5.74) is 1.06. The van der Waals surface area contributed by atoms with Crippen molar-refractivity contribution in [2.45, 2.75) is 37.6 Å². The third-order valence-electron chi connectivity index (χ3n) is 7.36. The van der Waals surface area contributed by atoms with Gasteiger partial charge in [0, 0.05) is 37.6 Å². The van der Waals surface area contributed by atoms with Gasteiger partial charge in [0.05, 0.1) is 0 Å². The van der Waals surface area contributed by atoms with Crippen LogP contribution < -0.4 is 5.32 Å². The van der Waals surface area contributed by atoms with Gasteiger partial charge in [-0.15, -0.1) is 0 Å². The summed E-state index contributed by atoms with van der Waals surface area (Å²) < 4.78 is 1.95. The number of benzene rings is 1. The van der Waals surface area contributed by atoms with E-state index >= 15 is 0 Å². The Labute approximate surface area is 177 Å². The van der Waals surface area contributed by atoms with Crippen LogP contribution in [-0.2, 0) is 22.1 Å².